The number of aromatic nitrogens is 3. The van der Waals surface area contributed by atoms with Crippen molar-refractivity contribution in [3.63, 3.8) is 0 Å². The molecule has 1 aromatic carbocycles. The van der Waals surface area contributed by atoms with Crippen molar-refractivity contribution in [2.24, 2.45) is 0 Å². The van der Waals surface area contributed by atoms with Gasteiger partial charge in [0.15, 0.2) is 0 Å². The molecule has 0 spiro atoms. The summed E-state index contributed by atoms with van der Waals surface area (Å²) in [6, 6.07) is 7.79. The highest BCUT2D eigenvalue weighted by Gasteiger charge is 2.32. The Hall–Kier alpha value is -1.50. The summed E-state index contributed by atoms with van der Waals surface area (Å²) in [6.07, 6.45) is 4.00. The quantitative estimate of drug-likeness (QED) is 0.899. The van der Waals surface area contributed by atoms with Gasteiger partial charge >= 0.3 is 0 Å². The molecule has 5 nitrogen and oxygen atoms in total. The van der Waals surface area contributed by atoms with E-state index in [1.807, 2.05) is 44.2 Å². The Balaban J connectivity index is 2.44. The molecule has 0 saturated carbocycles. The molecule has 1 heterocycles. The lowest BCUT2D eigenvalue weighted by atomic mass is 9.97. The first-order valence-electron chi connectivity index (χ1n) is 6.49. The summed E-state index contributed by atoms with van der Waals surface area (Å²) < 4.78 is 7.92. The average Bonchev–Trinajstić information content (AvgIpc) is 3.00. The van der Waals surface area contributed by atoms with Crippen LogP contribution in [-0.4, -0.2) is 38.7 Å². The second-order valence-electron chi connectivity index (χ2n) is 5.17. The van der Waals surface area contributed by atoms with Crippen LogP contribution >= 0.6 is 15.9 Å². The number of halogens is 1. The minimum absolute atomic E-state index is 0.599. The van der Waals surface area contributed by atoms with Crippen molar-refractivity contribution in [2.75, 3.05) is 7.11 Å². The molecular formula is C15H18BrN3O2. The van der Waals surface area contributed by atoms with Gasteiger partial charge in [-0.3, -0.25) is 0 Å². The molecule has 0 radical (unpaired) electrons. The molecule has 0 aliphatic heterocycles. The van der Waals surface area contributed by atoms with Crippen LogP contribution in [0.5, 0.6) is 0 Å². The highest BCUT2D eigenvalue weighted by molar-refractivity contribution is 9.10. The fraction of sp³-hybridized carbons (Fsp3) is 0.333. The van der Waals surface area contributed by atoms with Gasteiger partial charge in [-0.1, -0.05) is 28.1 Å². The monoisotopic (exact) mass is 351 g/mol. The van der Waals surface area contributed by atoms with Crippen LogP contribution < -0.4 is 0 Å². The third kappa shape index (κ3) is 3.78. The van der Waals surface area contributed by atoms with Gasteiger partial charge in [0.25, 0.3) is 0 Å². The SMILES string of the molecule is COC(C)(C)C(O)/C(=C\c1ccc(Br)cc1)n1cncn1. The molecule has 0 bridgehead atoms. The van der Waals surface area contributed by atoms with Crippen molar-refractivity contribution < 1.29 is 9.84 Å². The van der Waals surface area contributed by atoms with Crippen LogP contribution in [0.15, 0.2) is 41.4 Å². The molecule has 0 aliphatic carbocycles. The molecule has 0 fully saturated rings. The van der Waals surface area contributed by atoms with E-state index in [4.69, 9.17) is 4.74 Å². The average molecular weight is 352 g/mol. The third-order valence-corrected chi connectivity index (χ3v) is 3.86. The molecule has 1 aromatic heterocycles. The molecule has 0 amide bonds. The number of aliphatic hydroxyl groups is 1. The van der Waals surface area contributed by atoms with E-state index in [9.17, 15) is 5.11 Å². The van der Waals surface area contributed by atoms with Crippen molar-refractivity contribution in [3.05, 3.63) is 47.0 Å². The van der Waals surface area contributed by atoms with Crippen LogP contribution in [0.4, 0.5) is 0 Å². The Morgan fingerprint density at radius 2 is 2.05 bits per heavy atom. The van der Waals surface area contributed by atoms with Gasteiger partial charge < -0.3 is 9.84 Å². The highest BCUT2D eigenvalue weighted by atomic mass is 79.9. The van der Waals surface area contributed by atoms with Gasteiger partial charge in [0.05, 0.1) is 11.3 Å². The molecule has 1 atom stereocenters. The normalized spacial score (nSPS) is 14.2. The smallest absolute Gasteiger partial charge is 0.138 e. The number of aliphatic hydroxyl groups excluding tert-OH is 1. The Morgan fingerprint density at radius 1 is 1.38 bits per heavy atom. The van der Waals surface area contributed by atoms with E-state index in [1.54, 1.807) is 18.1 Å². The topological polar surface area (TPSA) is 60.2 Å². The standard InChI is InChI=1S/C15H18BrN3O2/c1-15(2,21-3)14(20)13(19-10-17-9-18-19)8-11-4-6-12(16)7-5-11/h4-10,14,20H,1-3H3/b13-8+. The number of hydrogen-bond acceptors (Lipinski definition) is 4. The molecule has 2 rings (SSSR count). The first-order valence-corrected chi connectivity index (χ1v) is 7.29. The number of benzene rings is 1. The van der Waals surface area contributed by atoms with Crippen LogP contribution in [0.1, 0.15) is 19.4 Å². The number of nitrogens with zero attached hydrogens (tertiary/aromatic N) is 3. The summed E-state index contributed by atoms with van der Waals surface area (Å²) in [5.41, 5.74) is 0.809. The van der Waals surface area contributed by atoms with E-state index in [2.05, 4.69) is 26.0 Å². The molecule has 6 heteroatoms. The zero-order valence-electron chi connectivity index (χ0n) is 12.2. The Morgan fingerprint density at radius 3 is 2.57 bits per heavy atom. The van der Waals surface area contributed by atoms with Crippen molar-refractivity contribution in [1.29, 1.82) is 0 Å². The molecule has 21 heavy (non-hydrogen) atoms. The molecule has 0 aliphatic rings. The summed E-state index contributed by atoms with van der Waals surface area (Å²) in [5, 5.41) is 14.7. The largest absolute Gasteiger partial charge is 0.384 e. The summed E-state index contributed by atoms with van der Waals surface area (Å²) in [4.78, 5) is 3.94. The Kier molecular flexibility index (Phi) is 4.92. The van der Waals surface area contributed by atoms with E-state index < -0.39 is 11.7 Å². The summed E-state index contributed by atoms with van der Waals surface area (Å²) >= 11 is 3.40. The van der Waals surface area contributed by atoms with E-state index in [-0.39, 0.29) is 0 Å². The molecule has 1 unspecified atom stereocenters. The maximum absolute atomic E-state index is 10.6. The number of ether oxygens (including phenoxy) is 1. The van der Waals surface area contributed by atoms with Crippen molar-refractivity contribution in [2.45, 2.75) is 25.6 Å². The summed E-state index contributed by atoms with van der Waals surface area (Å²) in [5.74, 6) is 0. The number of rotatable bonds is 5. The van der Waals surface area contributed by atoms with E-state index in [1.165, 1.54) is 6.33 Å². The maximum Gasteiger partial charge on any atom is 0.138 e. The van der Waals surface area contributed by atoms with Crippen LogP contribution in [0.3, 0.4) is 0 Å². The number of methoxy groups -OCH3 is 1. The zero-order chi connectivity index (χ0) is 15.5. The van der Waals surface area contributed by atoms with Gasteiger partial charge in [-0.15, -0.1) is 0 Å². The van der Waals surface area contributed by atoms with Gasteiger partial charge in [0.1, 0.15) is 18.8 Å². The fourth-order valence-corrected chi connectivity index (χ4v) is 2.07. The molecule has 0 saturated heterocycles. The Bertz CT molecular complexity index is 606. The van der Waals surface area contributed by atoms with E-state index in [0.29, 0.717) is 5.70 Å². The second kappa shape index (κ2) is 6.51. The van der Waals surface area contributed by atoms with Gasteiger partial charge in [0.2, 0.25) is 0 Å². The lowest BCUT2D eigenvalue weighted by Gasteiger charge is -2.30. The maximum atomic E-state index is 10.6. The molecule has 112 valence electrons. The predicted octanol–water partition coefficient (Wildman–Crippen LogP) is 2.82. The fourth-order valence-electron chi connectivity index (χ4n) is 1.81. The predicted molar refractivity (Wildman–Crippen MR) is 85.4 cm³/mol. The van der Waals surface area contributed by atoms with Crippen LogP contribution in [0.25, 0.3) is 11.8 Å². The zero-order valence-corrected chi connectivity index (χ0v) is 13.8. The van der Waals surface area contributed by atoms with E-state index in [0.717, 1.165) is 10.0 Å². The van der Waals surface area contributed by atoms with E-state index >= 15 is 0 Å². The number of hydrogen-bond donors (Lipinski definition) is 1. The molecular weight excluding hydrogens is 334 g/mol. The minimum atomic E-state index is -0.854. The summed E-state index contributed by atoms with van der Waals surface area (Å²) in [6.45, 7) is 3.65. The van der Waals surface area contributed by atoms with Gasteiger partial charge in [-0.25, -0.2) is 9.67 Å². The molecule has 2 aromatic rings. The second-order valence-corrected chi connectivity index (χ2v) is 6.09. The van der Waals surface area contributed by atoms with Crippen LogP contribution in [0.2, 0.25) is 0 Å². The minimum Gasteiger partial charge on any atom is -0.384 e. The van der Waals surface area contributed by atoms with Crippen molar-refractivity contribution >= 4 is 27.7 Å². The summed E-state index contributed by atoms with van der Waals surface area (Å²) in [7, 11) is 1.57. The Labute approximate surface area is 132 Å². The van der Waals surface area contributed by atoms with Crippen molar-refractivity contribution in [3.8, 4) is 0 Å². The van der Waals surface area contributed by atoms with Gasteiger partial charge in [0, 0.05) is 11.6 Å². The van der Waals surface area contributed by atoms with Gasteiger partial charge in [-0.2, -0.15) is 5.10 Å². The first kappa shape index (κ1) is 15.9. The van der Waals surface area contributed by atoms with Gasteiger partial charge in [-0.05, 0) is 37.6 Å². The highest BCUT2D eigenvalue weighted by Crippen LogP contribution is 2.25. The van der Waals surface area contributed by atoms with Crippen molar-refractivity contribution in [1.82, 2.24) is 14.8 Å². The van der Waals surface area contributed by atoms with Crippen LogP contribution in [0, 0.1) is 0 Å². The van der Waals surface area contributed by atoms with Crippen LogP contribution in [-0.2, 0) is 4.74 Å². The molecule has 1 N–H and O–H groups in total. The third-order valence-electron chi connectivity index (χ3n) is 3.33. The first-order chi connectivity index (χ1) is 9.94. The lowest BCUT2D eigenvalue weighted by Crippen LogP contribution is -2.40. The lowest BCUT2D eigenvalue weighted by molar-refractivity contribution is -0.0539.